The van der Waals surface area contributed by atoms with Gasteiger partial charge in [0.05, 0.1) is 0 Å². The maximum atomic E-state index is 12.7. The van der Waals surface area contributed by atoms with Crippen LogP contribution in [0.1, 0.15) is 129 Å². The van der Waals surface area contributed by atoms with Crippen molar-refractivity contribution in [2.75, 3.05) is 60.4 Å². The topological polar surface area (TPSA) is 38.8 Å². The van der Waals surface area contributed by atoms with Gasteiger partial charge in [0.15, 0.2) is 0 Å². The van der Waals surface area contributed by atoms with Crippen LogP contribution in [0.25, 0.3) is 0 Å². The average molecular weight is 509 g/mol. The minimum absolute atomic E-state index is 0.241. The van der Waals surface area contributed by atoms with Crippen LogP contribution in [0.15, 0.2) is 0 Å². The molecule has 1 aliphatic rings. The van der Waals surface area contributed by atoms with Gasteiger partial charge >= 0.3 is 0 Å². The highest BCUT2D eigenvalue weighted by molar-refractivity contribution is 5.76. The number of unbranched alkanes of at least 4 members (excludes halogenated alkanes) is 12. The summed E-state index contributed by atoms with van der Waals surface area (Å²) in [7, 11) is 6.71. The van der Waals surface area contributed by atoms with Gasteiger partial charge in [-0.05, 0) is 86.0 Å². The maximum Gasteiger partial charge on any atom is 0.221 e. The number of hydrogen-bond donors (Lipinski definition) is 1. The second-order valence-electron chi connectivity index (χ2n) is 11.7. The van der Waals surface area contributed by atoms with E-state index in [1.54, 1.807) is 0 Å². The lowest BCUT2D eigenvalue weighted by molar-refractivity contribution is -0.122. The zero-order valence-electron chi connectivity index (χ0n) is 25.0. The molecule has 214 valence electrons. The number of nitrogens with zero attached hydrogens (tertiary/aromatic N) is 3. The second-order valence-corrected chi connectivity index (χ2v) is 11.7. The third kappa shape index (κ3) is 19.5. The smallest absolute Gasteiger partial charge is 0.221 e. The molecule has 0 aliphatic carbocycles. The SMILES string of the molecule is CCCCCCCCCCCCCCC[C@@H]1CC(=O)NCCCN(C)CCCCN(C)CCCN1C. The molecule has 0 bridgehead atoms. The Morgan fingerprint density at radius 2 is 1.11 bits per heavy atom. The van der Waals surface area contributed by atoms with Crippen LogP contribution in [0.2, 0.25) is 0 Å². The number of amides is 1. The van der Waals surface area contributed by atoms with Gasteiger partial charge in [0.1, 0.15) is 0 Å². The van der Waals surface area contributed by atoms with Gasteiger partial charge in [0.2, 0.25) is 5.91 Å². The van der Waals surface area contributed by atoms with Gasteiger partial charge in [0, 0.05) is 19.0 Å². The summed E-state index contributed by atoms with van der Waals surface area (Å²) >= 11 is 0. The summed E-state index contributed by atoms with van der Waals surface area (Å²) in [6, 6.07) is 0.376. The zero-order chi connectivity index (χ0) is 26.3. The third-order valence-corrected chi connectivity index (χ3v) is 8.10. The van der Waals surface area contributed by atoms with E-state index < -0.39 is 0 Å². The Labute approximate surface area is 226 Å². The van der Waals surface area contributed by atoms with Crippen LogP contribution >= 0.6 is 0 Å². The van der Waals surface area contributed by atoms with Crippen molar-refractivity contribution in [3.8, 4) is 0 Å². The summed E-state index contributed by atoms with van der Waals surface area (Å²) in [5.74, 6) is 0.241. The van der Waals surface area contributed by atoms with E-state index in [1.807, 2.05) is 0 Å². The van der Waals surface area contributed by atoms with E-state index in [-0.39, 0.29) is 5.91 Å². The van der Waals surface area contributed by atoms with Crippen molar-refractivity contribution < 1.29 is 4.79 Å². The molecular formula is C31H64N4O. The fraction of sp³-hybridized carbons (Fsp3) is 0.968. The maximum absolute atomic E-state index is 12.7. The Kier molecular flexibility index (Phi) is 21.8. The summed E-state index contributed by atoms with van der Waals surface area (Å²) in [5.41, 5.74) is 0. The minimum atomic E-state index is 0.241. The van der Waals surface area contributed by atoms with E-state index in [9.17, 15) is 4.79 Å². The van der Waals surface area contributed by atoms with E-state index >= 15 is 0 Å². The molecule has 0 radical (unpaired) electrons. The monoisotopic (exact) mass is 509 g/mol. The van der Waals surface area contributed by atoms with Crippen LogP contribution in [-0.4, -0.2) is 87.1 Å². The van der Waals surface area contributed by atoms with E-state index in [1.165, 1.54) is 109 Å². The molecule has 0 aromatic heterocycles. The molecule has 1 saturated heterocycles. The van der Waals surface area contributed by atoms with Crippen molar-refractivity contribution in [2.45, 2.75) is 135 Å². The first-order valence-corrected chi connectivity index (χ1v) is 15.9. The van der Waals surface area contributed by atoms with Crippen molar-refractivity contribution in [2.24, 2.45) is 0 Å². The molecule has 0 saturated carbocycles. The van der Waals surface area contributed by atoms with Crippen molar-refractivity contribution in [3.63, 3.8) is 0 Å². The Hall–Kier alpha value is -0.650. The Morgan fingerprint density at radius 1 is 0.639 bits per heavy atom. The van der Waals surface area contributed by atoms with Gasteiger partial charge in [-0.1, -0.05) is 90.4 Å². The molecule has 1 aliphatic heterocycles. The fourth-order valence-corrected chi connectivity index (χ4v) is 5.50. The van der Waals surface area contributed by atoms with Crippen LogP contribution in [0, 0.1) is 0 Å². The van der Waals surface area contributed by atoms with Crippen molar-refractivity contribution in [1.29, 1.82) is 0 Å². The van der Waals surface area contributed by atoms with Gasteiger partial charge in [-0.2, -0.15) is 0 Å². The Morgan fingerprint density at radius 3 is 1.67 bits per heavy atom. The molecule has 1 atom stereocenters. The minimum Gasteiger partial charge on any atom is -0.356 e. The molecule has 36 heavy (non-hydrogen) atoms. The van der Waals surface area contributed by atoms with Gasteiger partial charge in [-0.15, -0.1) is 0 Å². The third-order valence-electron chi connectivity index (χ3n) is 8.10. The van der Waals surface area contributed by atoms with E-state index in [0.29, 0.717) is 12.5 Å². The Balaban J connectivity index is 2.29. The summed E-state index contributed by atoms with van der Waals surface area (Å²) in [4.78, 5) is 20.1. The van der Waals surface area contributed by atoms with E-state index in [2.05, 4.69) is 48.1 Å². The quantitative estimate of drug-likeness (QED) is 0.265. The summed E-state index contributed by atoms with van der Waals surface area (Å²) in [6.45, 7) is 8.76. The highest BCUT2D eigenvalue weighted by Gasteiger charge is 2.18. The van der Waals surface area contributed by atoms with Gasteiger partial charge < -0.3 is 20.0 Å². The summed E-state index contributed by atoms with van der Waals surface area (Å²) in [5, 5.41) is 3.20. The molecule has 0 aromatic rings. The molecule has 5 heteroatoms. The van der Waals surface area contributed by atoms with Crippen LogP contribution in [0.5, 0.6) is 0 Å². The Bertz CT molecular complexity index is 501. The van der Waals surface area contributed by atoms with Crippen molar-refractivity contribution in [3.05, 3.63) is 0 Å². The average Bonchev–Trinajstić information content (AvgIpc) is 2.86. The molecular weight excluding hydrogens is 444 g/mol. The van der Waals surface area contributed by atoms with Crippen LogP contribution in [-0.2, 0) is 4.79 Å². The number of rotatable bonds is 14. The fourth-order valence-electron chi connectivity index (χ4n) is 5.50. The van der Waals surface area contributed by atoms with Gasteiger partial charge in [-0.3, -0.25) is 4.79 Å². The molecule has 0 spiro atoms. The number of carbonyl (C=O) groups is 1. The second kappa shape index (κ2) is 23.5. The molecule has 1 amide bonds. The molecule has 0 aromatic carbocycles. The van der Waals surface area contributed by atoms with Crippen LogP contribution in [0.4, 0.5) is 0 Å². The lowest BCUT2D eigenvalue weighted by Crippen LogP contribution is -2.39. The largest absolute Gasteiger partial charge is 0.356 e. The molecule has 5 nitrogen and oxygen atoms in total. The lowest BCUT2D eigenvalue weighted by atomic mass is 10.0. The predicted octanol–water partition coefficient (Wildman–Crippen LogP) is 6.71. The molecule has 1 heterocycles. The molecule has 1 rings (SSSR count). The first-order valence-electron chi connectivity index (χ1n) is 15.9. The first kappa shape index (κ1) is 33.4. The van der Waals surface area contributed by atoms with Crippen molar-refractivity contribution in [1.82, 2.24) is 20.0 Å². The van der Waals surface area contributed by atoms with Crippen molar-refractivity contribution >= 4 is 5.91 Å². The normalized spacial score (nSPS) is 21.3. The van der Waals surface area contributed by atoms with Crippen LogP contribution in [0.3, 0.4) is 0 Å². The van der Waals surface area contributed by atoms with Gasteiger partial charge in [-0.25, -0.2) is 0 Å². The summed E-state index contributed by atoms with van der Waals surface area (Å²) < 4.78 is 0. The standard InChI is InChI=1S/C31H64N4O/c1-5-6-7-8-9-10-11-12-13-14-15-16-17-22-30-29-31(36)32-23-20-26-33(2)24-18-19-25-34(3)27-21-28-35(30)4/h30H,5-29H2,1-4H3,(H,32,36)/t30-/m1/s1. The summed E-state index contributed by atoms with van der Waals surface area (Å²) in [6.07, 6.45) is 24.6. The highest BCUT2D eigenvalue weighted by Crippen LogP contribution is 2.16. The first-order chi connectivity index (χ1) is 17.5. The number of nitrogens with one attached hydrogen (secondary N) is 1. The predicted molar refractivity (Wildman–Crippen MR) is 158 cm³/mol. The van der Waals surface area contributed by atoms with Crippen LogP contribution < -0.4 is 5.32 Å². The highest BCUT2D eigenvalue weighted by atomic mass is 16.1. The molecule has 1 fully saturated rings. The zero-order valence-corrected chi connectivity index (χ0v) is 25.0. The van der Waals surface area contributed by atoms with E-state index in [4.69, 9.17) is 0 Å². The number of hydrogen-bond acceptors (Lipinski definition) is 4. The number of carbonyl (C=O) groups excluding carboxylic acids is 1. The molecule has 0 unspecified atom stereocenters. The van der Waals surface area contributed by atoms with Gasteiger partial charge in [0.25, 0.3) is 0 Å². The molecule has 1 N–H and O–H groups in total. The van der Waals surface area contributed by atoms with E-state index in [0.717, 1.165) is 45.6 Å². The lowest BCUT2D eigenvalue weighted by Gasteiger charge is -2.28.